The van der Waals surface area contributed by atoms with Crippen molar-refractivity contribution in [2.45, 2.75) is 38.1 Å². The van der Waals surface area contributed by atoms with E-state index in [1.165, 1.54) is 24.9 Å². The molecular weight excluding hydrogens is 435 g/mol. The van der Waals surface area contributed by atoms with Crippen LogP contribution in [-0.2, 0) is 9.53 Å². The fourth-order valence-electron chi connectivity index (χ4n) is 5.60. The quantitative estimate of drug-likeness (QED) is 0.713. The normalized spacial score (nSPS) is 27.7. The Hall–Kier alpha value is -1.60. The van der Waals surface area contributed by atoms with Crippen LogP contribution in [0.4, 0.5) is 11.4 Å². The van der Waals surface area contributed by atoms with E-state index in [4.69, 9.17) is 10.5 Å². The van der Waals surface area contributed by atoms with E-state index < -0.39 is 0 Å². The predicted molar refractivity (Wildman–Crippen MR) is 129 cm³/mol. The molecule has 1 aliphatic heterocycles. The number of anilines is 2. The third-order valence-corrected chi connectivity index (χ3v) is 7.19. The molecule has 2 aliphatic carbocycles. The molecule has 1 aromatic carbocycles. The molecule has 1 amide bonds. The Kier molecular flexibility index (Phi) is 8.03. The molecule has 3 aliphatic rings. The molecule has 2 atom stereocenters. The van der Waals surface area contributed by atoms with Gasteiger partial charge in [0.05, 0.1) is 18.9 Å². The molecule has 0 radical (unpaired) electrons. The highest BCUT2D eigenvalue weighted by Crippen LogP contribution is 2.42. The molecule has 6 nitrogen and oxygen atoms in total. The molecular formula is C23H32Cl2N4O2. The smallest absolute Gasteiger partial charge is 0.227 e. The van der Waals surface area contributed by atoms with E-state index in [0.717, 1.165) is 55.6 Å². The minimum atomic E-state index is 0. The summed E-state index contributed by atoms with van der Waals surface area (Å²) >= 11 is 0. The van der Waals surface area contributed by atoms with Crippen molar-refractivity contribution in [1.29, 1.82) is 0 Å². The number of carbonyl (C=O) groups excluding carboxylic acids is 1. The molecule has 2 saturated carbocycles. The van der Waals surface area contributed by atoms with Crippen LogP contribution in [0.15, 0.2) is 30.6 Å². The first kappa shape index (κ1) is 24.1. The molecule has 2 bridgehead atoms. The van der Waals surface area contributed by atoms with E-state index in [0.29, 0.717) is 11.8 Å². The van der Waals surface area contributed by atoms with Gasteiger partial charge in [-0.15, -0.1) is 24.8 Å². The van der Waals surface area contributed by atoms with Gasteiger partial charge in [0.1, 0.15) is 0 Å². The van der Waals surface area contributed by atoms with Gasteiger partial charge in [0.15, 0.2) is 0 Å². The zero-order chi connectivity index (χ0) is 19.8. The van der Waals surface area contributed by atoms with Crippen molar-refractivity contribution in [2.24, 2.45) is 23.5 Å². The average Bonchev–Trinajstić information content (AvgIpc) is 2.74. The number of fused-ring (bicyclic) bond motifs is 3. The van der Waals surface area contributed by atoms with Crippen molar-refractivity contribution in [3.63, 3.8) is 0 Å². The number of pyridine rings is 1. The van der Waals surface area contributed by atoms with Crippen LogP contribution in [0.2, 0.25) is 0 Å². The number of rotatable bonds is 3. The largest absolute Gasteiger partial charge is 0.378 e. The second-order valence-corrected chi connectivity index (χ2v) is 8.84. The number of halogens is 2. The molecule has 1 aromatic heterocycles. The monoisotopic (exact) mass is 466 g/mol. The topological polar surface area (TPSA) is 80.5 Å². The van der Waals surface area contributed by atoms with E-state index in [2.05, 4.69) is 21.3 Å². The summed E-state index contributed by atoms with van der Waals surface area (Å²) in [4.78, 5) is 19.8. The Morgan fingerprint density at radius 3 is 2.48 bits per heavy atom. The van der Waals surface area contributed by atoms with Gasteiger partial charge in [-0.3, -0.25) is 9.78 Å². The lowest BCUT2D eigenvalue weighted by molar-refractivity contribution is -0.122. The Morgan fingerprint density at radius 2 is 1.77 bits per heavy atom. The molecule has 170 valence electrons. The molecule has 3 fully saturated rings. The van der Waals surface area contributed by atoms with E-state index >= 15 is 0 Å². The van der Waals surface area contributed by atoms with Crippen LogP contribution in [0.25, 0.3) is 10.8 Å². The van der Waals surface area contributed by atoms with Crippen molar-refractivity contribution in [3.05, 3.63) is 30.6 Å². The van der Waals surface area contributed by atoms with Crippen molar-refractivity contribution in [1.82, 2.24) is 4.98 Å². The summed E-state index contributed by atoms with van der Waals surface area (Å²) in [5, 5.41) is 5.35. The molecule has 2 aromatic rings. The van der Waals surface area contributed by atoms with Crippen LogP contribution in [0.5, 0.6) is 0 Å². The SMILES string of the molecule is Cl.Cl.NC1C2CCCC1CC(C(=O)Nc1ccc(N3CCOCC3)c3ccncc13)C2. The van der Waals surface area contributed by atoms with Crippen LogP contribution in [0.3, 0.4) is 0 Å². The Labute approximate surface area is 196 Å². The maximum absolute atomic E-state index is 13.1. The number of nitrogens with zero attached hydrogens (tertiary/aromatic N) is 2. The van der Waals surface area contributed by atoms with Crippen LogP contribution in [0, 0.1) is 17.8 Å². The van der Waals surface area contributed by atoms with Gasteiger partial charge in [-0.2, -0.15) is 0 Å². The van der Waals surface area contributed by atoms with Crippen molar-refractivity contribution < 1.29 is 9.53 Å². The number of aromatic nitrogens is 1. The summed E-state index contributed by atoms with van der Waals surface area (Å²) in [7, 11) is 0. The number of carbonyl (C=O) groups is 1. The maximum atomic E-state index is 13.1. The average molecular weight is 467 g/mol. The lowest BCUT2D eigenvalue weighted by atomic mass is 9.65. The van der Waals surface area contributed by atoms with Crippen LogP contribution in [0.1, 0.15) is 32.1 Å². The van der Waals surface area contributed by atoms with Crippen LogP contribution < -0.4 is 16.0 Å². The van der Waals surface area contributed by atoms with Gasteiger partial charge < -0.3 is 20.7 Å². The van der Waals surface area contributed by atoms with Crippen molar-refractivity contribution in [2.75, 3.05) is 36.5 Å². The lowest BCUT2D eigenvalue weighted by Gasteiger charge is -2.43. The summed E-state index contributed by atoms with van der Waals surface area (Å²) < 4.78 is 5.50. The third kappa shape index (κ3) is 4.77. The van der Waals surface area contributed by atoms with E-state index in [-0.39, 0.29) is 42.7 Å². The molecule has 8 heteroatoms. The Bertz CT molecular complexity index is 892. The number of nitrogens with one attached hydrogen (secondary N) is 1. The zero-order valence-electron chi connectivity index (χ0n) is 17.7. The predicted octanol–water partition coefficient (Wildman–Crippen LogP) is 4.01. The summed E-state index contributed by atoms with van der Waals surface area (Å²) in [6.07, 6.45) is 9.13. The molecule has 1 saturated heterocycles. The lowest BCUT2D eigenvalue weighted by Crippen LogP contribution is -2.48. The Morgan fingerprint density at radius 1 is 1.06 bits per heavy atom. The number of hydrogen-bond acceptors (Lipinski definition) is 5. The van der Waals surface area contributed by atoms with Crippen molar-refractivity contribution >= 4 is 52.9 Å². The third-order valence-electron chi connectivity index (χ3n) is 7.19. The fraction of sp³-hybridized carbons (Fsp3) is 0.565. The molecule has 2 heterocycles. The number of benzene rings is 1. The number of ether oxygens (including phenoxy) is 1. The highest BCUT2D eigenvalue weighted by atomic mass is 35.5. The van der Waals surface area contributed by atoms with Gasteiger partial charge >= 0.3 is 0 Å². The minimum Gasteiger partial charge on any atom is -0.378 e. The van der Waals surface area contributed by atoms with E-state index in [1.807, 2.05) is 24.5 Å². The van der Waals surface area contributed by atoms with Crippen molar-refractivity contribution in [3.8, 4) is 0 Å². The first-order valence-electron chi connectivity index (χ1n) is 11.0. The Balaban J connectivity index is 0.00000136. The van der Waals surface area contributed by atoms with Gasteiger partial charge in [0, 0.05) is 53.9 Å². The summed E-state index contributed by atoms with van der Waals surface area (Å²) in [6.45, 7) is 3.26. The first-order chi connectivity index (χ1) is 14.2. The van der Waals surface area contributed by atoms with Gasteiger partial charge in [-0.25, -0.2) is 0 Å². The van der Waals surface area contributed by atoms with E-state index in [1.54, 1.807) is 0 Å². The zero-order valence-corrected chi connectivity index (χ0v) is 19.3. The number of morpholine rings is 1. The van der Waals surface area contributed by atoms with Crippen LogP contribution >= 0.6 is 24.8 Å². The molecule has 2 unspecified atom stereocenters. The second-order valence-electron chi connectivity index (χ2n) is 8.84. The maximum Gasteiger partial charge on any atom is 0.227 e. The molecule has 5 rings (SSSR count). The highest BCUT2D eigenvalue weighted by molar-refractivity contribution is 6.06. The standard InChI is InChI=1S/C23H30N4O2.2ClH/c24-22-15-2-1-3-16(22)13-17(12-15)23(28)26-20-4-5-21(27-8-10-29-11-9-27)18-6-7-25-14-19(18)20;;/h4-7,14-17,22H,1-3,8-13,24H2,(H,26,28);2*1H. The van der Waals surface area contributed by atoms with Gasteiger partial charge in [0.25, 0.3) is 0 Å². The summed E-state index contributed by atoms with van der Waals surface area (Å²) in [6, 6.07) is 6.47. The highest BCUT2D eigenvalue weighted by Gasteiger charge is 2.40. The fourth-order valence-corrected chi connectivity index (χ4v) is 5.60. The minimum absolute atomic E-state index is 0. The second kappa shape index (κ2) is 10.3. The molecule has 31 heavy (non-hydrogen) atoms. The van der Waals surface area contributed by atoms with Gasteiger partial charge in [-0.1, -0.05) is 6.42 Å². The molecule has 3 N–H and O–H groups in total. The van der Waals surface area contributed by atoms with Gasteiger partial charge in [-0.05, 0) is 55.7 Å². The molecule has 0 spiro atoms. The first-order valence-corrected chi connectivity index (χ1v) is 11.0. The number of nitrogens with two attached hydrogens (primary N) is 1. The number of amides is 1. The van der Waals surface area contributed by atoms with E-state index in [9.17, 15) is 4.79 Å². The number of hydrogen-bond donors (Lipinski definition) is 2. The van der Waals surface area contributed by atoms with Crippen LogP contribution in [-0.4, -0.2) is 43.2 Å². The van der Waals surface area contributed by atoms with Gasteiger partial charge in [0.2, 0.25) is 5.91 Å². The summed E-state index contributed by atoms with van der Waals surface area (Å²) in [5.74, 6) is 1.20. The summed E-state index contributed by atoms with van der Waals surface area (Å²) in [5.41, 5.74) is 8.45.